The van der Waals surface area contributed by atoms with Gasteiger partial charge in [0.05, 0.1) is 17.4 Å². The third kappa shape index (κ3) is 5.96. The highest BCUT2D eigenvalue weighted by molar-refractivity contribution is 7.87. The molecule has 0 aromatic heterocycles. The number of halogens is 1. The number of rotatable bonds is 9. The molecule has 1 amide bonds. The van der Waals surface area contributed by atoms with Crippen LogP contribution in [-0.4, -0.2) is 39.9 Å². The van der Waals surface area contributed by atoms with Crippen molar-refractivity contribution in [2.75, 3.05) is 19.8 Å². The summed E-state index contributed by atoms with van der Waals surface area (Å²) >= 11 is 0. The standard InChI is InChI=1S/C27H28FNO5S/c28-23-8-6-21(7-9-23)22-5-1-3-20(19-22)4-2-16-34-24-10-12-25(13-11-24)35(32)27(26(30)29-31)14-17-33-18-15-27/h1,3,5-13,19,31H,2,4,14-18H2,(H,29,30). The predicted octanol–water partition coefficient (Wildman–Crippen LogP) is 4.67. The molecule has 0 bridgehead atoms. The highest BCUT2D eigenvalue weighted by Crippen LogP contribution is 2.33. The number of hydrogen-bond acceptors (Lipinski definition) is 5. The second-order valence-electron chi connectivity index (χ2n) is 8.45. The maximum atomic E-state index is 13.2. The van der Waals surface area contributed by atoms with Crippen molar-refractivity contribution < 1.29 is 28.1 Å². The van der Waals surface area contributed by atoms with Gasteiger partial charge in [0, 0.05) is 18.1 Å². The normalized spacial score (nSPS) is 15.8. The van der Waals surface area contributed by atoms with Gasteiger partial charge in [-0.05, 0) is 78.8 Å². The Bertz CT molecular complexity index is 1160. The zero-order valence-corrected chi connectivity index (χ0v) is 20.1. The fourth-order valence-corrected chi connectivity index (χ4v) is 5.79. The largest absolute Gasteiger partial charge is 0.494 e. The average molecular weight is 498 g/mol. The van der Waals surface area contributed by atoms with Gasteiger partial charge in [-0.25, -0.2) is 9.87 Å². The average Bonchev–Trinajstić information content (AvgIpc) is 2.91. The van der Waals surface area contributed by atoms with Crippen molar-refractivity contribution in [3.05, 3.63) is 84.2 Å². The van der Waals surface area contributed by atoms with Crippen LogP contribution < -0.4 is 10.2 Å². The van der Waals surface area contributed by atoms with Crippen LogP contribution in [0.5, 0.6) is 5.75 Å². The van der Waals surface area contributed by atoms with Gasteiger partial charge < -0.3 is 9.47 Å². The van der Waals surface area contributed by atoms with Gasteiger partial charge >= 0.3 is 0 Å². The summed E-state index contributed by atoms with van der Waals surface area (Å²) in [5, 5.41) is 9.17. The van der Waals surface area contributed by atoms with Gasteiger partial charge in [0.2, 0.25) is 0 Å². The van der Waals surface area contributed by atoms with E-state index in [1.807, 2.05) is 12.1 Å². The lowest BCUT2D eigenvalue weighted by Crippen LogP contribution is -2.52. The van der Waals surface area contributed by atoms with E-state index in [1.165, 1.54) is 17.7 Å². The van der Waals surface area contributed by atoms with Crippen molar-refractivity contribution in [3.8, 4) is 16.9 Å². The zero-order chi connectivity index (χ0) is 24.7. The topological polar surface area (TPSA) is 84.9 Å². The second kappa shape index (κ2) is 11.6. The Kier molecular flexibility index (Phi) is 8.28. The summed E-state index contributed by atoms with van der Waals surface area (Å²) in [4.78, 5) is 12.8. The number of nitrogens with one attached hydrogen (secondary N) is 1. The van der Waals surface area contributed by atoms with Crippen LogP contribution in [0.25, 0.3) is 11.1 Å². The van der Waals surface area contributed by atoms with Crippen LogP contribution in [0.4, 0.5) is 4.39 Å². The molecule has 1 fully saturated rings. The number of hydroxylamine groups is 1. The van der Waals surface area contributed by atoms with Crippen LogP contribution in [0, 0.1) is 5.82 Å². The van der Waals surface area contributed by atoms with Crippen LogP contribution in [0.2, 0.25) is 0 Å². The Morgan fingerprint density at radius 1 is 1.03 bits per heavy atom. The molecule has 3 aromatic rings. The molecule has 184 valence electrons. The van der Waals surface area contributed by atoms with E-state index in [9.17, 15) is 13.4 Å². The number of amides is 1. The van der Waals surface area contributed by atoms with Crippen LogP contribution in [0.15, 0.2) is 77.7 Å². The third-order valence-electron chi connectivity index (χ3n) is 6.19. The number of carbonyl (C=O) groups is 1. The molecule has 1 aliphatic rings. The molecule has 1 unspecified atom stereocenters. The molecular formula is C27H28FNO5S. The maximum Gasteiger partial charge on any atom is 0.262 e. The van der Waals surface area contributed by atoms with Gasteiger partial charge in [0.25, 0.3) is 5.91 Å². The molecule has 1 aliphatic heterocycles. The van der Waals surface area contributed by atoms with Gasteiger partial charge in [-0.1, -0.05) is 36.4 Å². The van der Waals surface area contributed by atoms with Gasteiger partial charge in [-0.3, -0.25) is 14.2 Å². The molecule has 0 radical (unpaired) electrons. The van der Waals surface area contributed by atoms with E-state index in [4.69, 9.17) is 14.7 Å². The molecule has 3 aromatic carbocycles. The summed E-state index contributed by atoms with van der Waals surface area (Å²) in [6.45, 7) is 1.14. The molecule has 6 nitrogen and oxygen atoms in total. The molecule has 35 heavy (non-hydrogen) atoms. The Morgan fingerprint density at radius 3 is 2.43 bits per heavy atom. The van der Waals surface area contributed by atoms with Gasteiger partial charge in [-0.2, -0.15) is 0 Å². The first kappa shape index (κ1) is 25.0. The lowest BCUT2D eigenvalue weighted by atomic mass is 9.98. The summed E-state index contributed by atoms with van der Waals surface area (Å²) in [5.41, 5.74) is 4.86. The minimum absolute atomic E-state index is 0.250. The number of carbonyl (C=O) groups excluding carboxylic acids is 1. The Hall–Kier alpha value is -3.07. The Morgan fingerprint density at radius 2 is 1.74 bits per heavy atom. The Labute approximate surface area is 206 Å². The van der Waals surface area contributed by atoms with Crippen molar-refractivity contribution in [1.29, 1.82) is 0 Å². The van der Waals surface area contributed by atoms with Gasteiger partial charge in [0.1, 0.15) is 16.3 Å². The molecule has 4 rings (SSSR count). The van der Waals surface area contributed by atoms with E-state index < -0.39 is 21.5 Å². The molecule has 2 N–H and O–H groups in total. The van der Waals surface area contributed by atoms with Crippen molar-refractivity contribution in [2.45, 2.75) is 35.3 Å². The highest BCUT2D eigenvalue weighted by atomic mass is 32.2. The molecule has 1 heterocycles. The minimum atomic E-state index is -1.65. The van der Waals surface area contributed by atoms with E-state index in [1.54, 1.807) is 41.9 Å². The second-order valence-corrected chi connectivity index (χ2v) is 10.2. The first-order chi connectivity index (χ1) is 17.0. The lowest BCUT2D eigenvalue weighted by molar-refractivity contribution is -0.134. The molecule has 0 saturated carbocycles. The smallest absolute Gasteiger partial charge is 0.262 e. The molecule has 8 heteroatoms. The fraction of sp³-hybridized carbons (Fsp3) is 0.296. The van der Waals surface area contributed by atoms with Gasteiger partial charge in [-0.15, -0.1) is 0 Å². The van der Waals surface area contributed by atoms with Gasteiger partial charge in [0.15, 0.2) is 0 Å². The third-order valence-corrected chi connectivity index (χ3v) is 8.20. The Balaban J connectivity index is 1.31. The number of ether oxygens (including phenoxy) is 2. The van der Waals surface area contributed by atoms with Crippen LogP contribution in [0.3, 0.4) is 0 Å². The first-order valence-corrected chi connectivity index (χ1v) is 12.7. The van der Waals surface area contributed by atoms with Crippen LogP contribution in [-0.2, 0) is 26.8 Å². The summed E-state index contributed by atoms with van der Waals surface area (Å²) in [6, 6.07) is 21.5. The predicted molar refractivity (Wildman–Crippen MR) is 131 cm³/mol. The van der Waals surface area contributed by atoms with E-state index in [0.29, 0.717) is 30.5 Å². The van der Waals surface area contributed by atoms with E-state index in [2.05, 4.69) is 12.1 Å². The van der Waals surface area contributed by atoms with Crippen molar-refractivity contribution in [3.63, 3.8) is 0 Å². The van der Waals surface area contributed by atoms with Crippen molar-refractivity contribution in [1.82, 2.24) is 5.48 Å². The number of hydrogen-bond donors (Lipinski definition) is 2. The summed E-state index contributed by atoms with van der Waals surface area (Å²) < 4.78 is 36.4. The van der Waals surface area contributed by atoms with Crippen LogP contribution in [0.1, 0.15) is 24.8 Å². The summed E-state index contributed by atoms with van der Waals surface area (Å²) in [7, 11) is -1.65. The SMILES string of the molecule is O=C(NO)C1(S(=O)c2ccc(OCCCc3cccc(-c4ccc(F)cc4)c3)cc2)CCOCC1. The lowest BCUT2D eigenvalue weighted by Gasteiger charge is -2.33. The monoisotopic (exact) mass is 497 g/mol. The minimum Gasteiger partial charge on any atom is -0.494 e. The molecule has 1 saturated heterocycles. The molecule has 0 spiro atoms. The summed E-state index contributed by atoms with van der Waals surface area (Å²) in [5.74, 6) is -0.249. The zero-order valence-electron chi connectivity index (χ0n) is 19.2. The molecule has 0 aliphatic carbocycles. The molecule has 1 atom stereocenters. The van der Waals surface area contributed by atoms with Crippen LogP contribution >= 0.6 is 0 Å². The van der Waals surface area contributed by atoms with Crippen molar-refractivity contribution in [2.24, 2.45) is 0 Å². The van der Waals surface area contributed by atoms with E-state index >= 15 is 0 Å². The van der Waals surface area contributed by atoms with E-state index in [-0.39, 0.29) is 18.7 Å². The highest BCUT2D eigenvalue weighted by Gasteiger charge is 2.46. The fourth-order valence-electron chi connectivity index (χ4n) is 4.20. The molecular weight excluding hydrogens is 469 g/mol. The van der Waals surface area contributed by atoms with Crippen molar-refractivity contribution >= 4 is 16.7 Å². The number of aryl methyl sites for hydroxylation is 1. The number of benzene rings is 3. The summed E-state index contributed by atoms with van der Waals surface area (Å²) in [6.07, 6.45) is 2.18. The van der Waals surface area contributed by atoms with E-state index in [0.717, 1.165) is 24.0 Å². The maximum absolute atomic E-state index is 13.2. The first-order valence-electron chi connectivity index (χ1n) is 11.5. The quantitative estimate of drug-likeness (QED) is 0.255.